The van der Waals surface area contributed by atoms with E-state index in [-0.39, 0.29) is 5.91 Å². The summed E-state index contributed by atoms with van der Waals surface area (Å²) < 4.78 is 2.24. The zero-order valence-corrected chi connectivity index (χ0v) is 14.6. The number of hydrogen-bond donors (Lipinski definition) is 0. The average Bonchev–Trinajstić information content (AvgIpc) is 3.43. The van der Waals surface area contributed by atoms with Crippen LogP contribution in [-0.2, 0) is 0 Å². The Hall–Kier alpha value is -2.76. The van der Waals surface area contributed by atoms with Crippen molar-refractivity contribution >= 4 is 16.8 Å². The Bertz CT molecular complexity index is 953. The number of aromatic nitrogens is 4. The first-order chi connectivity index (χ1) is 12.8. The molecule has 1 aliphatic heterocycles. The lowest BCUT2D eigenvalue weighted by Crippen LogP contribution is -2.38. The number of carbonyl (C=O) groups excluding carboxylic acids is 1. The molecule has 3 aromatic rings. The van der Waals surface area contributed by atoms with Crippen molar-refractivity contribution in [2.45, 2.75) is 37.6 Å². The van der Waals surface area contributed by atoms with Gasteiger partial charge in [-0.25, -0.2) is 4.98 Å². The predicted octanol–water partition coefficient (Wildman–Crippen LogP) is 3.18. The summed E-state index contributed by atoms with van der Waals surface area (Å²) in [5.74, 6) is 1.52. The third kappa shape index (κ3) is 2.75. The van der Waals surface area contributed by atoms with E-state index in [2.05, 4.69) is 19.7 Å². The predicted molar refractivity (Wildman–Crippen MR) is 97.9 cm³/mol. The number of rotatable bonds is 3. The highest BCUT2D eigenvalue weighted by molar-refractivity contribution is 5.95. The lowest BCUT2D eigenvalue weighted by atomic mass is 9.95. The first kappa shape index (κ1) is 15.5. The number of nitrogens with zero attached hydrogens (tertiary/aromatic N) is 5. The highest BCUT2D eigenvalue weighted by Crippen LogP contribution is 2.38. The van der Waals surface area contributed by atoms with Crippen LogP contribution in [0.15, 0.2) is 42.7 Å². The standard InChI is InChI=1S/C20H21N5O/c26-20(18-8-5-14-3-1-2-4-17(14)22-18)24-11-9-15(10-12-24)19-23-21-13-25(19)16-6-7-16/h1-5,8,13,15-16H,6-7,9-12H2. The summed E-state index contributed by atoms with van der Waals surface area (Å²) in [6.07, 6.45) is 6.20. The maximum Gasteiger partial charge on any atom is 0.272 e. The fourth-order valence-corrected chi connectivity index (χ4v) is 3.87. The summed E-state index contributed by atoms with van der Waals surface area (Å²) in [4.78, 5) is 19.3. The van der Waals surface area contributed by atoms with E-state index in [9.17, 15) is 4.79 Å². The van der Waals surface area contributed by atoms with Crippen LogP contribution >= 0.6 is 0 Å². The Balaban J connectivity index is 1.29. The Labute approximate surface area is 151 Å². The number of piperidine rings is 1. The van der Waals surface area contributed by atoms with Gasteiger partial charge in [-0.1, -0.05) is 24.3 Å². The first-order valence-electron chi connectivity index (χ1n) is 9.34. The SMILES string of the molecule is O=C(c1ccc2ccccc2n1)N1CCC(c2nncn2C2CC2)CC1. The number of amides is 1. The molecule has 2 aromatic heterocycles. The van der Waals surface area contributed by atoms with Crippen LogP contribution in [0, 0.1) is 0 Å². The van der Waals surface area contributed by atoms with Crippen LogP contribution in [-0.4, -0.2) is 43.6 Å². The molecule has 0 N–H and O–H groups in total. The monoisotopic (exact) mass is 347 g/mol. The van der Waals surface area contributed by atoms with Crippen LogP contribution in [0.5, 0.6) is 0 Å². The van der Waals surface area contributed by atoms with Crippen LogP contribution in [0.4, 0.5) is 0 Å². The molecule has 1 saturated carbocycles. The number of fused-ring (bicyclic) bond motifs is 1. The Kier molecular flexibility index (Phi) is 3.69. The van der Waals surface area contributed by atoms with Crippen LogP contribution in [0.3, 0.4) is 0 Å². The normalized spacial score (nSPS) is 18.4. The van der Waals surface area contributed by atoms with Gasteiger partial charge in [0.1, 0.15) is 17.8 Å². The highest BCUT2D eigenvalue weighted by atomic mass is 16.2. The second-order valence-corrected chi connectivity index (χ2v) is 7.28. The summed E-state index contributed by atoms with van der Waals surface area (Å²) in [5, 5.41) is 9.53. The van der Waals surface area contributed by atoms with Crippen LogP contribution < -0.4 is 0 Å². The molecule has 6 heteroatoms. The minimum atomic E-state index is 0.0258. The summed E-state index contributed by atoms with van der Waals surface area (Å²) in [7, 11) is 0. The van der Waals surface area contributed by atoms with E-state index >= 15 is 0 Å². The second kappa shape index (κ2) is 6.20. The maximum absolute atomic E-state index is 12.9. The van der Waals surface area contributed by atoms with E-state index < -0.39 is 0 Å². The third-order valence-electron chi connectivity index (χ3n) is 5.51. The molecular formula is C20H21N5O. The Morgan fingerprint density at radius 1 is 1.00 bits per heavy atom. The summed E-state index contributed by atoms with van der Waals surface area (Å²) in [5.41, 5.74) is 1.40. The van der Waals surface area contributed by atoms with E-state index in [1.165, 1.54) is 12.8 Å². The Morgan fingerprint density at radius 3 is 2.62 bits per heavy atom. The molecule has 0 unspecified atom stereocenters. The van der Waals surface area contributed by atoms with Gasteiger partial charge in [0.25, 0.3) is 5.91 Å². The molecule has 0 spiro atoms. The van der Waals surface area contributed by atoms with Crippen molar-refractivity contribution in [3.8, 4) is 0 Å². The molecule has 0 bridgehead atoms. The van der Waals surface area contributed by atoms with Crippen molar-refractivity contribution in [1.29, 1.82) is 0 Å². The first-order valence-corrected chi connectivity index (χ1v) is 9.34. The molecule has 3 heterocycles. The van der Waals surface area contributed by atoms with Crippen molar-refractivity contribution in [2.75, 3.05) is 13.1 Å². The number of carbonyl (C=O) groups is 1. The number of pyridine rings is 1. The molecule has 2 fully saturated rings. The van der Waals surface area contributed by atoms with Crippen LogP contribution in [0.25, 0.3) is 10.9 Å². The number of likely N-dealkylation sites (tertiary alicyclic amines) is 1. The molecule has 5 rings (SSSR count). The molecule has 2 aliphatic rings. The molecule has 6 nitrogen and oxygen atoms in total. The molecule has 1 aromatic carbocycles. The van der Waals surface area contributed by atoms with Crippen molar-refractivity contribution in [3.63, 3.8) is 0 Å². The van der Waals surface area contributed by atoms with Gasteiger partial charge in [0.15, 0.2) is 0 Å². The summed E-state index contributed by atoms with van der Waals surface area (Å²) >= 11 is 0. The van der Waals surface area contributed by atoms with Gasteiger partial charge in [-0.3, -0.25) is 4.79 Å². The van der Waals surface area contributed by atoms with E-state index in [1.807, 2.05) is 47.6 Å². The fourth-order valence-electron chi connectivity index (χ4n) is 3.87. The van der Waals surface area contributed by atoms with Crippen molar-refractivity contribution in [1.82, 2.24) is 24.6 Å². The van der Waals surface area contributed by atoms with Gasteiger partial charge < -0.3 is 9.47 Å². The van der Waals surface area contributed by atoms with Gasteiger partial charge in [0.2, 0.25) is 0 Å². The molecule has 0 atom stereocenters. The van der Waals surface area contributed by atoms with Gasteiger partial charge in [0, 0.05) is 30.4 Å². The zero-order chi connectivity index (χ0) is 17.5. The number of para-hydroxylation sites is 1. The highest BCUT2D eigenvalue weighted by Gasteiger charge is 2.32. The minimum absolute atomic E-state index is 0.0258. The molecular weight excluding hydrogens is 326 g/mol. The van der Waals surface area contributed by atoms with Crippen LogP contribution in [0.1, 0.15) is 54.0 Å². The number of benzene rings is 1. The van der Waals surface area contributed by atoms with Gasteiger partial charge in [-0.2, -0.15) is 0 Å². The largest absolute Gasteiger partial charge is 0.337 e. The number of hydrogen-bond acceptors (Lipinski definition) is 4. The van der Waals surface area contributed by atoms with E-state index in [0.717, 1.165) is 42.7 Å². The molecule has 132 valence electrons. The Morgan fingerprint density at radius 2 is 1.81 bits per heavy atom. The van der Waals surface area contributed by atoms with Crippen molar-refractivity contribution < 1.29 is 4.79 Å². The minimum Gasteiger partial charge on any atom is -0.337 e. The quantitative estimate of drug-likeness (QED) is 0.730. The van der Waals surface area contributed by atoms with Gasteiger partial charge in [-0.05, 0) is 37.8 Å². The lowest BCUT2D eigenvalue weighted by molar-refractivity contribution is 0.0704. The lowest BCUT2D eigenvalue weighted by Gasteiger charge is -2.31. The summed E-state index contributed by atoms with van der Waals surface area (Å²) in [6.45, 7) is 1.49. The van der Waals surface area contributed by atoms with Gasteiger partial charge in [0.05, 0.1) is 5.52 Å². The van der Waals surface area contributed by atoms with Crippen molar-refractivity contribution in [3.05, 3.63) is 54.2 Å². The molecule has 0 radical (unpaired) electrons. The van der Waals surface area contributed by atoms with Crippen molar-refractivity contribution in [2.24, 2.45) is 0 Å². The average molecular weight is 347 g/mol. The van der Waals surface area contributed by atoms with Crippen LogP contribution in [0.2, 0.25) is 0 Å². The topological polar surface area (TPSA) is 63.9 Å². The summed E-state index contributed by atoms with van der Waals surface area (Å²) in [6, 6.07) is 12.3. The molecule has 1 amide bonds. The van der Waals surface area contributed by atoms with Gasteiger partial charge >= 0.3 is 0 Å². The fraction of sp³-hybridized carbons (Fsp3) is 0.400. The second-order valence-electron chi connectivity index (χ2n) is 7.28. The molecule has 26 heavy (non-hydrogen) atoms. The zero-order valence-electron chi connectivity index (χ0n) is 14.6. The van der Waals surface area contributed by atoms with E-state index in [4.69, 9.17) is 0 Å². The molecule has 1 aliphatic carbocycles. The molecule has 1 saturated heterocycles. The van der Waals surface area contributed by atoms with Gasteiger partial charge in [-0.15, -0.1) is 10.2 Å². The maximum atomic E-state index is 12.9. The van der Waals surface area contributed by atoms with E-state index in [1.54, 1.807) is 0 Å². The third-order valence-corrected chi connectivity index (χ3v) is 5.51. The van der Waals surface area contributed by atoms with E-state index in [0.29, 0.717) is 17.7 Å². The smallest absolute Gasteiger partial charge is 0.272 e.